The minimum Gasteiger partial charge on any atom is -0.494 e. The molecule has 1 aliphatic heterocycles. The Kier molecular flexibility index (Phi) is 6.13. The molecule has 7 nitrogen and oxygen atoms in total. The highest BCUT2D eigenvalue weighted by atomic mass is 32.2. The van der Waals surface area contributed by atoms with Gasteiger partial charge in [-0.3, -0.25) is 9.69 Å². The lowest BCUT2D eigenvalue weighted by Crippen LogP contribution is -2.49. The third-order valence-electron chi connectivity index (χ3n) is 5.64. The van der Waals surface area contributed by atoms with Crippen LogP contribution in [-0.4, -0.2) is 67.7 Å². The van der Waals surface area contributed by atoms with Crippen LogP contribution in [0.25, 0.3) is 10.9 Å². The largest absolute Gasteiger partial charge is 0.494 e. The third kappa shape index (κ3) is 4.37. The molecule has 0 spiro atoms. The number of piperazine rings is 1. The molecule has 1 N–H and O–H groups in total. The molecule has 0 atom stereocenters. The summed E-state index contributed by atoms with van der Waals surface area (Å²) in [5.74, 6) is 0.704. The summed E-state index contributed by atoms with van der Waals surface area (Å²) in [6.45, 7) is 6.35. The van der Waals surface area contributed by atoms with Crippen molar-refractivity contribution in [3.8, 4) is 5.75 Å². The van der Waals surface area contributed by atoms with Crippen molar-refractivity contribution in [2.45, 2.75) is 18.7 Å². The number of carbonyl (C=O) groups excluding carboxylic acids is 1. The number of rotatable bonds is 7. The number of ketones is 1. The molecule has 0 radical (unpaired) electrons. The van der Waals surface area contributed by atoms with Gasteiger partial charge in [-0.25, -0.2) is 8.42 Å². The molecule has 0 saturated carbocycles. The number of nitrogens with zero attached hydrogens (tertiary/aromatic N) is 2. The third-order valence-corrected chi connectivity index (χ3v) is 7.56. The Morgan fingerprint density at radius 1 is 1.03 bits per heavy atom. The molecule has 0 aliphatic carbocycles. The zero-order valence-electron chi connectivity index (χ0n) is 17.8. The molecule has 1 aromatic heterocycles. The lowest BCUT2D eigenvalue weighted by molar-refractivity contribution is 0.0903. The second kappa shape index (κ2) is 8.82. The molecule has 1 aliphatic rings. The number of Topliss-reactive ketones (excluding diaryl/α,β-unsaturated/α-hetero) is 1. The molecule has 0 unspecified atom stereocenters. The van der Waals surface area contributed by atoms with Crippen molar-refractivity contribution in [2.24, 2.45) is 0 Å². The van der Waals surface area contributed by atoms with Crippen molar-refractivity contribution >= 4 is 26.7 Å². The Bertz CT molecular complexity index is 1180. The molecular weight excluding hydrogens is 414 g/mol. The maximum atomic E-state index is 13.0. The summed E-state index contributed by atoms with van der Waals surface area (Å²) in [5, 5.41) is 0.932. The van der Waals surface area contributed by atoms with Crippen LogP contribution in [0.4, 0.5) is 0 Å². The summed E-state index contributed by atoms with van der Waals surface area (Å²) in [4.78, 5) is 18.5. The van der Waals surface area contributed by atoms with Crippen LogP contribution in [0.1, 0.15) is 23.0 Å². The normalized spacial score (nSPS) is 15.9. The lowest BCUT2D eigenvalue weighted by atomic mass is 10.1. The number of benzene rings is 2. The molecule has 4 rings (SSSR count). The molecule has 2 heterocycles. The van der Waals surface area contributed by atoms with Gasteiger partial charge in [-0.1, -0.05) is 18.2 Å². The van der Waals surface area contributed by atoms with Gasteiger partial charge in [0.1, 0.15) is 5.75 Å². The maximum Gasteiger partial charge on any atom is 0.243 e. The van der Waals surface area contributed by atoms with Crippen LogP contribution >= 0.6 is 0 Å². The second-order valence-corrected chi connectivity index (χ2v) is 9.62. The number of fused-ring (bicyclic) bond motifs is 1. The summed E-state index contributed by atoms with van der Waals surface area (Å²) in [6.07, 6.45) is 0. The van der Waals surface area contributed by atoms with E-state index in [1.165, 1.54) is 4.31 Å². The van der Waals surface area contributed by atoms with E-state index in [1.54, 1.807) is 24.3 Å². The minimum atomic E-state index is -3.56. The highest BCUT2D eigenvalue weighted by molar-refractivity contribution is 7.89. The van der Waals surface area contributed by atoms with E-state index in [9.17, 15) is 13.2 Å². The SMILES string of the molecule is CCOc1ccc(S(=O)(=O)N2CCN(CC(=O)c3c(C)[nH]c4ccccc34)CC2)cc1. The number of aryl methyl sites for hydroxylation is 1. The number of H-pyrrole nitrogens is 1. The van der Waals surface area contributed by atoms with E-state index in [1.807, 2.05) is 43.0 Å². The van der Waals surface area contributed by atoms with Crippen molar-refractivity contribution < 1.29 is 17.9 Å². The first-order valence-corrected chi connectivity index (χ1v) is 11.9. The van der Waals surface area contributed by atoms with Gasteiger partial charge >= 0.3 is 0 Å². The number of carbonyl (C=O) groups is 1. The molecule has 0 bridgehead atoms. The summed E-state index contributed by atoms with van der Waals surface area (Å²) in [6, 6.07) is 14.3. The van der Waals surface area contributed by atoms with Gasteiger partial charge in [0, 0.05) is 48.3 Å². The van der Waals surface area contributed by atoms with Gasteiger partial charge in [0.2, 0.25) is 10.0 Å². The number of hydrogen-bond acceptors (Lipinski definition) is 5. The van der Waals surface area contributed by atoms with Crippen LogP contribution in [0.3, 0.4) is 0 Å². The second-order valence-electron chi connectivity index (χ2n) is 7.68. The first-order chi connectivity index (χ1) is 14.9. The summed E-state index contributed by atoms with van der Waals surface area (Å²) < 4.78 is 32.8. The highest BCUT2D eigenvalue weighted by Crippen LogP contribution is 2.24. The number of ether oxygens (including phenoxy) is 1. The Hall–Kier alpha value is -2.68. The smallest absolute Gasteiger partial charge is 0.243 e. The Labute approximate surface area is 182 Å². The average Bonchev–Trinajstić information content (AvgIpc) is 3.10. The van der Waals surface area contributed by atoms with E-state index in [2.05, 4.69) is 4.98 Å². The fraction of sp³-hybridized carbons (Fsp3) is 0.348. The fourth-order valence-electron chi connectivity index (χ4n) is 4.07. The van der Waals surface area contributed by atoms with Crippen molar-refractivity contribution in [1.82, 2.24) is 14.2 Å². The highest BCUT2D eigenvalue weighted by Gasteiger charge is 2.29. The molecule has 2 aromatic carbocycles. The number of aromatic amines is 1. The van der Waals surface area contributed by atoms with E-state index >= 15 is 0 Å². The van der Waals surface area contributed by atoms with Gasteiger partial charge in [-0.05, 0) is 44.2 Å². The number of sulfonamides is 1. The van der Waals surface area contributed by atoms with Gasteiger partial charge < -0.3 is 9.72 Å². The van der Waals surface area contributed by atoms with E-state index in [0.717, 1.165) is 22.2 Å². The zero-order valence-corrected chi connectivity index (χ0v) is 18.6. The van der Waals surface area contributed by atoms with E-state index < -0.39 is 10.0 Å². The number of hydrogen-bond donors (Lipinski definition) is 1. The number of aromatic nitrogens is 1. The van der Waals surface area contributed by atoms with Crippen molar-refractivity contribution in [3.05, 3.63) is 59.8 Å². The minimum absolute atomic E-state index is 0.0535. The fourth-order valence-corrected chi connectivity index (χ4v) is 5.49. The maximum absolute atomic E-state index is 13.0. The van der Waals surface area contributed by atoms with Crippen LogP contribution in [0.5, 0.6) is 5.75 Å². The lowest BCUT2D eigenvalue weighted by Gasteiger charge is -2.33. The molecule has 0 amide bonds. The van der Waals surface area contributed by atoms with Gasteiger partial charge in [0.25, 0.3) is 0 Å². The number of nitrogens with one attached hydrogen (secondary N) is 1. The van der Waals surface area contributed by atoms with Crippen molar-refractivity contribution in [3.63, 3.8) is 0 Å². The summed E-state index contributed by atoms with van der Waals surface area (Å²) >= 11 is 0. The Morgan fingerprint density at radius 2 is 1.71 bits per heavy atom. The van der Waals surface area contributed by atoms with E-state index in [-0.39, 0.29) is 17.2 Å². The molecule has 1 fully saturated rings. The first kappa shape index (κ1) is 21.5. The molecule has 164 valence electrons. The van der Waals surface area contributed by atoms with Gasteiger partial charge in [-0.15, -0.1) is 0 Å². The molecule has 8 heteroatoms. The predicted octanol–water partition coefficient (Wildman–Crippen LogP) is 3.06. The predicted molar refractivity (Wildman–Crippen MR) is 120 cm³/mol. The van der Waals surface area contributed by atoms with Crippen LogP contribution in [0.15, 0.2) is 53.4 Å². The summed E-state index contributed by atoms with van der Waals surface area (Å²) in [7, 11) is -3.56. The summed E-state index contributed by atoms with van der Waals surface area (Å²) in [5.41, 5.74) is 2.54. The molecule has 3 aromatic rings. The Morgan fingerprint density at radius 3 is 2.39 bits per heavy atom. The van der Waals surface area contributed by atoms with Crippen LogP contribution in [0, 0.1) is 6.92 Å². The average molecular weight is 442 g/mol. The van der Waals surface area contributed by atoms with Gasteiger partial charge in [-0.2, -0.15) is 4.31 Å². The van der Waals surface area contributed by atoms with E-state index in [0.29, 0.717) is 38.5 Å². The zero-order chi connectivity index (χ0) is 22.0. The van der Waals surface area contributed by atoms with Crippen molar-refractivity contribution in [1.29, 1.82) is 0 Å². The standard InChI is InChI=1S/C23H27N3O4S/c1-3-30-18-8-10-19(11-9-18)31(28,29)26-14-12-25(13-15-26)16-22(27)23-17(2)24-21-7-5-4-6-20(21)23/h4-11,24H,3,12-16H2,1-2H3. The molecule has 1 saturated heterocycles. The molecule has 31 heavy (non-hydrogen) atoms. The molecular formula is C23H27N3O4S. The number of para-hydroxylation sites is 1. The first-order valence-electron chi connectivity index (χ1n) is 10.5. The van der Waals surface area contributed by atoms with Gasteiger partial charge in [0.05, 0.1) is 18.0 Å². The van der Waals surface area contributed by atoms with Crippen LogP contribution in [0.2, 0.25) is 0 Å². The Balaban J connectivity index is 1.40. The van der Waals surface area contributed by atoms with Crippen LogP contribution in [-0.2, 0) is 10.0 Å². The van der Waals surface area contributed by atoms with Crippen LogP contribution < -0.4 is 4.74 Å². The topological polar surface area (TPSA) is 82.7 Å². The van der Waals surface area contributed by atoms with Gasteiger partial charge in [0.15, 0.2) is 5.78 Å². The quantitative estimate of drug-likeness (QED) is 0.570. The van der Waals surface area contributed by atoms with E-state index in [4.69, 9.17) is 4.74 Å². The van der Waals surface area contributed by atoms with Crippen molar-refractivity contribution in [2.75, 3.05) is 39.3 Å². The monoisotopic (exact) mass is 441 g/mol.